The Bertz CT molecular complexity index is 1870. The molecule has 0 spiro atoms. The zero-order valence-electron chi connectivity index (χ0n) is 27.6. The van der Waals surface area contributed by atoms with Gasteiger partial charge < -0.3 is 36.6 Å². The average molecular weight is 703 g/mol. The number of hydrogen-bond acceptors (Lipinski definition) is 11. The standard InChI is InChI=1S/C34H37F3N4O9/c1-6-41(5)23(15-9-7-8-10-16(15)34(35,36)37)32(49)39-17-12-11-14-13(2)18-20(26(43)19(14)25(17)42)29(46)33(50)22(27(18)44)24(40(3)4)28(45)21(30(33)47)31(38)48/h7-13,18,22-24,27,42,44-46,50H,6H2,1-5H3,(H2,38,48)(H,39,49)/t13?,18?,22?,23?,24-,27?,33?/m0/s1. The number of amides is 2. The van der Waals surface area contributed by atoms with Crippen molar-refractivity contribution in [2.24, 2.45) is 17.6 Å². The van der Waals surface area contributed by atoms with Crippen molar-refractivity contribution in [1.29, 1.82) is 0 Å². The van der Waals surface area contributed by atoms with Crippen molar-refractivity contribution in [2.45, 2.75) is 49.7 Å². The summed E-state index contributed by atoms with van der Waals surface area (Å²) < 4.78 is 41.8. The molecule has 0 fully saturated rings. The zero-order valence-corrected chi connectivity index (χ0v) is 27.6. The molecule has 7 atom stereocenters. The molecule has 16 heteroatoms. The number of nitrogens with zero attached hydrogens (tertiary/aromatic N) is 2. The number of alkyl halides is 3. The Morgan fingerprint density at radius 3 is 2.24 bits per heavy atom. The van der Waals surface area contributed by atoms with Crippen LogP contribution in [0.25, 0.3) is 0 Å². The van der Waals surface area contributed by atoms with Gasteiger partial charge in [0.15, 0.2) is 17.1 Å². The number of halogens is 3. The van der Waals surface area contributed by atoms with E-state index >= 15 is 0 Å². The summed E-state index contributed by atoms with van der Waals surface area (Å²) >= 11 is 0. The fraction of sp³-hybridized carbons (Fsp3) is 0.412. The van der Waals surface area contributed by atoms with Gasteiger partial charge in [-0.3, -0.25) is 29.0 Å². The van der Waals surface area contributed by atoms with Crippen molar-refractivity contribution in [3.8, 4) is 5.75 Å². The van der Waals surface area contributed by atoms with Crippen molar-refractivity contribution >= 4 is 29.1 Å². The fourth-order valence-corrected chi connectivity index (χ4v) is 7.68. The molecule has 3 aliphatic carbocycles. The van der Waals surface area contributed by atoms with Crippen LogP contribution in [0.2, 0.25) is 0 Å². The van der Waals surface area contributed by atoms with E-state index < -0.39 is 111 Å². The van der Waals surface area contributed by atoms with Crippen LogP contribution in [0.1, 0.15) is 52.9 Å². The summed E-state index contributed by atoms with van der Waals surface area (Å²) in [6.45, 7) is 3.31. The van der Waals surface area contributed by atoms with E-state index in [2.05, 4.69) is 5.32 Å². The largest absolute Gasteiger partial charge is 0.510 e. The number of aromatic hydroxyl groups is 1. The summed E-state index contributed by atoms with van der Waals surface area (Å²) in [5, 5.41) is 60.0. The topological polar surface area (TPSA) is 214 Å². The number of carbonyl (C=O) groups is 4. The minimum absolute atomic E-state index is 0.141. The summed E-state index contributed by atoms with van der Waals surface area (Å²) in [5.41, 5.74) is -1.57. The van der Waals surface area contributed by atoms with Gasteiger partial charge in [0.25, 0.3) is 5.91 Å². The Hall–Kier alpha value is -4.77. The van der Waals surface area contributed by atoms with E-state index in [4.69, 9.17) is 5.73 Å². The van der Waals surface area contributed by atoms with Crippen LogP contribution in [0.4, 0.5) is 18.9 Å². The van der Waals surface area contributed by atoms with E-state index in [9.17, 15) is 57.9 Å². The number of carbonyl (C=O) groups excluding carboxylic acids is 4. The van der Waals surface area contributed by atoms with E-state index in [1.807, 2.05) is 0 Å². The molecule has 0 saturated carbocycles. The van der Waals surface area contributed by atoms with Crippen LogP contribution in [0.5, 0.6) is 5.75 Å². The third kappa shape index (κ3) is 5.25. The number of Topliss-reactive ketones (excluding diaryl/α,β-unsaturated/α-hetero) is 2. The molecular formula is C34H37F3N4O9. The average Bonchev–Trinajstić information content (AvgIpc) is 3.03. The third-order valence-corrected chi connectivity index (χ3v) is 10.1. The van der Waals surface area contributed by atoms with Crippen LogP contribution in [0.15, 0.2) is 59.1 Å². The number of aliphatic hydroxyl groups is 4. The summed E-state index contributed by atoms with van der Waals surface area (Å²) in [4.78, 5) is 56.3. The van der Waals surface area contributed by atoms with Crippen LogP contribution in [0, 0.1) is 11.8 Å². The molecule has 0 aromatic heterocycles. The number of nitrogens with two attached hydrogens (primary N) is 1. The number of aliphatic hydroxyl groups excluding tert-OH is 3. The number of primary amides is 1. The number of likely N-dealkylation sites (N-methyl/N-ethyl adjacent to an activating group) is 2. The number of hydrogen-bond donors (Lipinski definition) is 7. The lowest BCUT2D eigenvalue weighted by Crippen LogP contribution is -2.68. The van der Waals surface area contributed by atoms with Crippen molar-refractivity contribution in [1.82, 2.24) is 9.80 Å². The Labute approximate surface area is 284 Å². The molecule has 0 aliphatic heterocycles. The number of phenolic OH excluding ortho intramolecular Hbond substituents is 1. The smallest absolute Gasteiger partial charge is 0.416 e. The number of rotatable bonds is 7. The molecule has 0 saturated heterocycles. The van der Waals surface area contributed by atoms with Gasteiger partial charge in [-0.1, -0.05) is 38.1 Å². The van der Waals surface area contributed by atoms with Gasteiger partial charge in [0.05, 0.1) is 34.9 Å². The van der Waals surface area contributed by atoms with Crippen LogP contribution in [-0.2, 0) is 20.6 Å². The second kappa shape index (κ2) is 12.5. The number of anilines is 1. The van der Waals surface area contributed by atoms with E-state index in [1.165, 1.54) is 62.1 Å². The molecule has 5 rings (SSSR count). The lowest BCUT2D eigenvalue weighted by molar-refractivity contribution is -0.162. The predicted molar refractivity (Wildman–Crippen MR) is 171 cm³/mol. The molecule has 2 aromatic rings. The first-order valence-electron chi connectivity index (χ1n) is 15.6. The molecule has 0 heterocycles. The minimum Gasteiger partial charge on any atom is -0.510 e. The number of benzene rings is 2. The van der Waals surface area contributed by atoms with Gasteiger partial charge in [-0.25, -0.2) is 0 Å². The van der Waals surface area contributed by atoms with Gasteiger partial charge in [-0.05, 0) is 56.9 Å². The highest BCUT2D eigenvalue weighted by Crippen LogP contribution is 2.56. The lowest BCUT2D eigenvalue weighted by atomic mass is 9.55. The van der Waals surface area contributed by atoms with Crippen molar-refractivity contribution in [3.63, 3.8) is 0 Å². The first-order valence-corrected chi connectivity index (χ1v) is 15.6. The Morgan fingerprint density at radius 2 is 1.68 bits per heavy atom. The maximum absolute atomic E-state index is 14.2. The lowest BCUT2D eigenvalue weighted by Gasteiger charge is -2.53. The Morgan fingerprint density at radius 1 is 1.06 bits per heavy atom. The molecule has 50 heavy (non-hydrogen) atoms. The Kier molecular flexibility index (Phi) is 9.15. The monoisotopic (exact) mass is 702 g/mol. The first kappa shape index (κ1) is 36.5. The van der Waals surface area contributed by atoms with E-state index in [0.29, 0.717) is 0 Å². The maximum Gasteiger partial charge on any atom is 0.416 e. The van der Waals surface area contributed by atoms with Gasteiger partial charge in [0, 0.05) is 11.5 Å². The number of fused-ring (bicyclic) bond motifs is 3. The molecule has 0 radical (unpaired) electrons. The van der Waals surface area contributed by atoms with Crippen molar-refractivity contribution < 1.29 is 57.9 Å². The summed E-state index contributed by atoms with van der Waals surface area (Å²) in [6.07, 6.45) is -6.59. The van der Waals surface area contributed by atoms with Crippen molar-refractivity contribution in [3.05, 3.63) is 81.3 Å². The van der Waals surface area contributed by atoms with E-state index in [-0.39, 0.29) is 23.4 Å². The molecular weight excluding hydrogens is 665 g/mol. The highest BCUT2D eigenvalue weighted by molar-refractivity contribution is 6.25. The number of phenols is 1. The number of nitrogens with one attached hydrogen (secondary N) is 1. The maximum atomic E-state index is 14.2. The second-order valence-corrected chi connectivity index (χ2v) is 13.0. The van der Waals surface area contributed by atoms with E-state index in [0.717, 1.165) is 12.1 Å². The van der Waals surface area contributed by atoms with E-state index in [1.54, 1.807) is 6.92 Å². The van der Waals surface area contributed by atoms with Crippen LogP contribution >= 0.6 is 0 Å². The van der Waals surface area contributed by atoms with Gasteiger partial charge in [0.1, 0.15) is 23.1 Å². The summed E-state index contributed by atoms with van der Waals surface area (Å²) in [5.74, 6) is -11.9. The highest BCUT2D eigenvalue weighted by atomic mass is 19.4. The second-order valence-electron chi connectivity index (χ2n) is 13.0. The fourth-order valence-electron chi connectivity index (χ4n) is 7.68. The molecule has 268 valence electrons. The quantitative estimate of drug-likeness (QED) is 0.164. The molecule has 0 bridgehead atoms. The molecule has 2 aromatic carbocycles. The minimum atomic E-state index is -4.79. The van der Waals surface area contributed by atoms with Gasteiger partial charge >= 0.3 is 6.18 Å². The molecule has 8 N–H and O–H groups in total. The summed E-state index contributed by atoms with van der Waals surface area (Å²) in [7, 11) is 4.27. The predicted octanol–water partition coefficient (Wildman–Crippen LogP) is 2.30. The van der Waals surface area contributed by atoms with Gasteiger partial charge in [0.2, 0.25) is 11.7 Å². The highest BCUT2D eigenvalue weighted by Gasteiger charge is 2.67. The molecule has 6 unspecified atom stereocenters. The summed E-state index contributed by atoms with van der Waals surface area (Å²) in [6, 6.07) is 4.19. The molecule has 3 aliphatic rings. The number of ketones is 2. The Balaban J connectivity index is 1.63. The van der Waals surface area contributed by atoms with Crippen LogP contribution in [0.3, 0.4) is 0 Å². The van der Waals surface area contributed by atoms with Gasteiger partial charge in [-0.15, -0.1) is 0 Å². The first-order chi connectivity index (χ1) is 23.2. The zero-order chi connectivity index (χ0) is 37.4. The van der Waals surface area contributed by atoms with Crippen LogP contribution in [-0.4, -0.2) is 104 Å². The van der Waals surface area contributed by atoms with Gasteiger partial charge in [-0.2, -0.15) is 13.2 Å². The third-order valence-electron chi connectivity index (χ3n) is 10.1. The SMILES string of the molecule is CCN(C)C(C(=O)Nc1ccc2c(c1O)C(=O)C1=C(O)C3(O)C(=O)C(C(N)=O)=C(O)[C@@H](N(C)C)C3C(O)C1C2C)c1ccccc1C(F)(F)F. The normalized spacial score (nSPS) is 27.2. The van der Waals surface area contributed by atoms with Crippen molar-refractivity contribution in [2.75, 3.05) is 33.0 Å². The molecule has 2 amide bonds. The molecule has 13 nitrogen and oxygen atoms in total. The van der Waals surface area contributed by atoms with Crippen LogP contribution < -0.4 is 11.1 Å².